The highest BCUT2D eigenvalue weighted by atomic mass is 17.1. The molecule has 0 aromatic heterocycles. The van der Waals surface area contributed by atoms with Crippen LogP contribution in [0.5, 0.6) is 0 Å². The van der Waals surface area contributed by atoms with Gasteiger partial charge in [-0.15, -0.1) is 0 Å². The molecule has 1 N–H and O–H groups in total. The maximum atomic E-state index is 8.58. The average Bonchev–Trinajstić information content (AvgIpc) is 2.05. The Morgan fingerprint density at radius 3 is 2.50 bits per heavy atom. The third-order valence-corrected chi connectivity index (χ3v) is 3.22. The molecule has 0 aliphatic heterocycles. The first-order chi connectivity index (χ1) is 5.65. The second kappa shape index (κ2) is 4.24. The van der Waals surface area contributed by atoms with Crippen LogP contribution in [-0.4, -0.2) is 11.4 Å². The van der Waals surface area contributed by atoms with E-state index in [1.165, 1.54) is 6.42 Å². The largest absolute Gasteiger partial charge is 0.252 e. The van der Waals surface area contributed by atoms with Gasteiger partial charge in [-0.3, -0.25) is 5.26 Å². The van der Waals surface area contributed by atoms with Crippen molar-refractivity contribution in [2.45, 2.75) is 46.1 Å². The molecule has 3 unspecified atom stereocenters. The van der Waals surface area contributed by atoms with Gasteiger partial charge in [0, 0.05) is 0 Å². The van der Waals surface area contributed by atoms with Crippen LogP contribution in [-0.2, 0) is 4.89 Å². The predicted octanol–water partition coefficient (Wildman–Crippen LogP) is 2.94. The van der Waals surface area contributed by atoms with Crippen LogP contribution in [0.1, 0.15) is 40.0 Å². The Bertz CT molecular complexity index is 134. The minimum Gasteiger partial charge on any atom is -0.252 e. The maximum absolute atomic E-state index is 8.58. The summed E-state index contributed by atoms with van der Waals surface area (Å²) in [6.45, 7) is 6.81. The monoisotopic (exact) mass is 172 g/mol. The van der Waals surface area contributed by atoms with Gasteiger partial charge in [-0.1, -0.05) is 20.8 Å². The van der Waals surface area contributed by atoms with Gasteiger partial charge < -0.3 is 0 Å². The highest BCUT2D eigenvalue weighted by Gasteiger charge is 2.30. The van der Waals surface area contributed by atoms with Gasteiger partial charge in [-0.2, -0.15) is 0 Å². The standard InChI is InChI=1S/C10H20O2/c1-7(2)10-6-9(12-11)5-4-8(10)3/h7-11H,4-6H2,1-3H3. The molecule has 12 heavy (non-hydrogen) atoms. The lowest BCUT2D eigenvalue weighted by molar-refractivity contribution is -0.289. The minimum atomic E-state index is 0.0913. The van der Waals surface area contributed by atoms with Crippen molar-refractivity contribution in [2.24, 2.45) is 17.8 Å². The highest BCUT2D eigenvalue weighted by molar-refractivity contribution is 4.79. The summed E-state index contributed by atoms with van der Waals surface area (Å²) < 4.78 is 0. The van der Waals surface area contributed by atoms with Crippen LogP contribution in [0.2, 0.25) is 0 Å². The van der Waals surface area contributed by atoms with Crippen LogP contribution >= 0.6 is 0 Å². The van der Waals surface area contributed by atoms with Crippen molar-refractivity contribution in [1.82, 2.24) is 0 Å². The third kappa shape index (κ3) is 2.20. The second-order valence-corrected chi connectivity index (χ2v) is 4.43. The fourth-order valence-corrected chi connectivity index (χ4v) is 2.34. The summed E-state index contributed by atoms with van der Waals surface area (Å²) >= 11 is 0. The normalized spacial score (nSPS) is 37.2. The van der Waals surface area contributed by atoms with Gasteiger partial charge in [0.25, 0.3) is 0 Å². The quantitative estimate of drug-likeness (QED) is 0.512. The molecule has 1 aliphatic rings. The van der Waals surface area contributed by atoms with Gasteiger partial charge in [-0.05, 0) is 37.0 Å². The van der Waals surface area contributed by atoms with E-state index in [9.17, 15) is 0 Å². The van der Waals surface area contributed by atoms with E-state index in [2.05, 4.69) is 25.7 Å². The van der Waals surface area contributed by atoms with Crippen molar-refractivity contribution in [2.75, 3.05) is 0 Å². The van der Waals surface area contributed by atoms with E-state index in [0.717, 1.165) is 24.7 Å². The molecule has 0 aromatic carbocycles. The van der Waals surface area contributed by atoms with Crippen molar-refractivity contribution in [1.29, 1.82) is 0 Å². The van der Waals surface area contributed by atoms with Gasteiger partial charge in [0.2, 0.25) is 0 Å². The van der Waals surface area contributed by atoms with Crippen molar-refractivity contribution in [3.05, 3.63) is 0 Å². The summed E-state index contributed by atoms with van der Waals surface area (Å²) in [6.07, 6.45) is 3.32. The highest BCUT2D eigenvalue weighted by Crippen LogP contribution is 2.35. The van der Waals surface area contributed by atoms with Crippen molar-refractivity contribution >= 4 is 0 Å². The molecular weight excluding hydrogens is 152 g/mol. The molecule has 1 aliphatic carbocycles. The molecule has 3 atom stereocenters. The summed E-state index contributed by atoms with van der Waals surface area (Å²) in [5.41, 5.74) is 0. The lowest BCUT2D eigenvalue weighted by Crippen LogP contribution is -2.30. The summed E-state index contributed by atoms with van der Waals surface area (Å²) in [5.74, 6) is 2.21. The maximum Gasteiger partial charge on any atom is 0.0930 e. The fraction of sp³-hybridized carbons (Fsp3) is 1.00. The molecule has 1 saturated carbocycles. The number of hydrogen-bond donors (Lipinski definition) is 1. The van der Waals surface area contributed by atoms with Gasteiger partial charge in [0.05, 0.1) is 6.10 Å². The SMILES string of the molecule is CC(C)C1CC(OO)CCC1C. The lowest BCUT2D eigenvalue weighted by atomic mass is 9.73. The average molecular weight is 172 g/mol. The summed E-state index contributed by atoms with van der Waals surface area (Å²) in [5, 5.41) is 8.58. The summed E-state index contributed by atoms with van der Waals surface area (Å²) in [4.78, 5) is 4.42. The Balaban J connectivity index is 2.47. The Kier molecular flexibility index (Phi) is 3.53. The minimum absolute atomic E-state index is 0.0913. The van der Waals surface area contributed by atoms with Crippen LogP contribution in [0, 0.1) is 17.8 Å². The Labute approximate surface area is 74.9 Å². The first-order valence-electron chi connectivity index (χ1n) is 4.95. The zero-order valence-corrected chi connectivity index (χ0v) is 8.29. The first kappa shape index (κ1) is 10.0. The lowest BCUT2D eigenvalue weighted by Gasteiger charge is -2.35. The Hall–Kier alpha value is -0.0800. The Morgan fingerprint density at radius 2 is 2.00 bits per heavy atom. The smallest absolute Gasteiger partial charge is 0.0930 e. The molecule has 2 nitrogen and oxygen atoms in total. The van der Waals surface area contributed by atoms with E-state index in [1.54, 1.807) is 0 Å². The molecule has 72 valence electrons. The molecule has 0 radical (unpaired) electrons. The first-order valence-corrected chi connectivity index (χ1v) is 4.95. The number of rotatable bonds is 2. The van der Waals surface area contributed by atoms with E-state index in [0.29, 0.717) is 5.92 Å². The predicted molar refractivity (Wildman–Crippen MR) is 48.8 cm³/mol. The van der Waals surface area contributed by atoms with Crippen LogP contribution in [0.3, 0.4) is 0 Å². The van der Waals surface area contributed by atoms with E-state index in [4.69, 9.17) is 5.26 Å². The van der Waals surface area contributed by atoms with E-state index >= 15 is 0 Å². The van der Waals surface area contributed by atoms with Crippen LogP contribution < -0.4 is 0 Å². The van der Waals surface area contributed by atoms with Crippen LogP contribution in [0.25, 0.3) is 0 Å². The van der Waals surface area contributed by atoms with Crippen LogP contribution in [0.15, 0.2) is 0 Å². The molecule has 1 fully saturated rings. The van der Waals surface area contributed by atoms with Gasteiger partial charge in [0.15, 0.2) is 0 Å². The van der Waals surface area contributed by atoms with E-state index < -0.39 is 0 Å². The van der Waals surface area contributed by atoms with E-state index in [1.807, 2.05) is 0 Å². The zero-order valence-electron chi connectivity index (χ0n) is 8.29. The third-order valence-electron chi connectivity index (χ3n) is 3.22. The molecule has 0 heterocycles. The Morgan fingerprint density at radius 1 is 1.33 bits per heavy atom. The van der Waals surface area contributed by atoms with Crippen LogP contribution in [0.4, 0.5) is 0 Å². The number of hydrogen-bond acceptors (Lipinski definition) is 2. The molecule has 0 spiro atoms. The second-order valence-electron chi connectivity index (χ2n) is 4.43. The zero-order chi connectivity index (χ0) is 9.14. The topological polar surface area (TPSA) is 29.5 Å². The van der Waals surface area contributed by atoms with Gasteiger partial charge in [0.1, 0.15) is 0 Å². The van der Waals surface area contributed by atoms with E-state index in [-0.39, 0.29) is 6.10 Å². The molecule has 0 amide bonds. The van der Waals surface area contributed by atoms with Crippen molar-refractivity contribution in [3.8, 4) is 0 Å². The van der Waals surface area contributed by atoms with Gasteiger partial charge >= 0.3 is 0 Å². The molecule has 1 rings (SSSR count). The molecule has 2 heteroatoms. The molecule has 0 aromatic rings. The molecule has 0 saturated heterocycles. The molecular formula is C10H20O2. The van der Waals surface area contributed by atoms with Gasteiger partial charge in [-0.25, -0.2) is 4.89 Å². The summed E-state index contributed by atoms with van der Waals surface area (Å²) in [6, 6.07) is 0. The van der Waals surface area contributed by atoms with Crippen molar-refractivity contribution in [3.63, 3.8) is 0 Å². The van der Waals surface area contributed by atoms with Crippen molar-refractivity contribution < 1.29 is 10.1 Å². The fourth-order valence-electron chi connectivity index (χ4n) is 2.34. The summed E-state index contributed by atoms with van der Waals surface area (Å²) in [7, 11) is 0. The molecule has 0 bridgehead atoms.